The van der Waals surface area contributed by atoms with E-state index in [1.54, 1.807) is 11.8 Å². The number of benzene rings is 3. The number of carbonyl (C=O) groups excluding carboxylic acids is 2. The molecule has 2 N–H and O–H groups in total. The van der Waals surface area contributed by atoms with Crippen LogP contribution in [0.3, 0.4) is 0 Å². The number of amides is 2. The van der Waals surface area contributed by atoms with Gasteiger partial charge in [-0.2, -0.15) is 0 Å². The van der Waals surface area contributed by atoms with Crippen LogP contribution in [0.4, 0.5) is 10.1 Å². The number of anilines is 1. The number of para-hydroxylation sites is 1. The van der Waals surface area contributed by atoms with E-state index in [0.717, 1.165) is 41.4 Å². The van der Waals surface area contributed by atoms with Crippen molar-refractivity contribution in [1.82, 2.24) is 10.2 Å². The zero-order valence-corrected chi connectivity index (χ0v) is 19.0. The standard InChI is InChI=1S/C26H26FN3O2S/c27-20-12-10-19(11-13-20)26(32)28-21-14-16-30(17-15-21)18-25(31)29-23-8-4-5-9-24(23)33-22-6-2-1-3-7-22/h1-13,21H,14-18H2,(H,28,32)(H,29,31). The van der Waals surface area contributed by atoms with Crippen molar-refractivity contribution in [3.05, 3.63) is 90.2 Å². The number of nitrogens with one attached hydrogen (secondary N) is 2. The number of nitrogens with zero attached hydrogens (tertiary/aromatic N) is 1. The molecule has 1 aliphatic rings. The number of hydrogen-bond donors (Lipinski definition) is 2. The number of piperidine rings is 1. The lowest BCUT2D eigenvalue weighted by molar-refractivity contribution is -0.117. The summed E-state index contributed by atoms with van der Waals surface area (Å²) in [5.74, 6) is -0.608. The average molecular weight is 464 g/mol. The minimum atomic E-state index is -0.362. The van der Waals surface area contributed by atoms with Gasteiger partial charge < -0.3 is 10.6 Å². The minimum absolute atomic E-state index is 0.0462. The summed E-state index contributed by atoms with van der Waals surface area (Å²) in [6.07, 6.45) is 1.53. The molecule has 33 heavy (non-hydrogen) atoms. The number of hydrogen-bond acceptors (Lipinski definition) is 4. The van der Waals surface area contributed by atoms with Crippen LogP contribution in [0.15, 0.2) is 88.7 Å². The molecule has 1 saturated heterocycles. The van der Waals surface area contributed by atoms with E-state index in [4.69, 9.17) is 0 Å². The van der Waals surface area contributed by atoms with Gasteiger partial charge in [0, 0.05) is 34.5 Å². The molecule has 2 amide bonds. The summed E-state index contributed by atoms with van der Waals surface area (Å²) in [5.41, 5.74) is 1.25. The van der Waals surface area contributed by atoms with Gasteiger partial charge >= 0.3 is 0 Å². The van der Waals surface area contributed by atoms with Crippen LogP contribution in [0.5, 0.6) is 0 Å². The first kappa shape index (κ1) is 23.0. The highest BCUT2D eigenvalue weighted by Crippen LogP contribution is 2.33. The fourth-order valence-corrected chi connectivity index (χ4v) is 4.70. The molecule has 0 unspecified atom stereocenters. The van der Waals surface area contributed by atoms with Crippen molar-refractivity contribution in [3.63, 3.8) is 0 Å². The summed E-state index contributed by atoms with van der Waals surface area (Å²) in [7, 11) is 0. The van der Waals surface area contributed by atoms with Crippen LogP contribution in [0.2, 0.25) is 0 Å². The Hall–Kier alpha value is -3.16. The van der Waals surface area contributed by atoms with E-state index in [0.29, 0.717) is 12.1 Å². The SMILES string of the molecule is O=C(CN1CCC(NC(=O)c2ccc(F)cc2)CC1)Nc1ccccc1Sc1ccccc1. The molecule has 0 atom stereocenters. The summed E-state index contributed by atoms with van der Waals surface area (Å²) < 4.78 is 13.0. The van der Waals surface area contributed by atoms with Crippen molar-refractivity contribution in [1.29, 1.82) is 0 Å². The van der Waals surface area contributed by atoms with Gasteiger partial charge in [0.25, 0.3) is 5.91 Å². The zero-order chi connectivity index (χ0) is 23.0. The van der Waals surface area contributed by atoms with Gasteiger partial charge in [-0.1, -0.05) is 42.1 Å². The normalized spacial score (nSPS) is 14.6. The van der Waals surface area contributed by atoms with Crippen molar-refractivity contribution < 1.29 is 14.0 Å². The molecule has 1 heterocycles. The lowest BCUT2D eigenvalue weighted by Crippen LogP contribution is -2.46. The predicted octanol–water partition coefficient (Wildman–Crippen LogP) is 4.81. The fraction of sp³-hybridized carbons (Fsp3) is 0.231. The molecule has 1 fully saturated rings. The summed E-state index contributed by atoms with van der Waals surface area (Å²) in [5, 5.41) is 6.05. The van der Waals surface area contributed by atoms with E-state index < -0.39 is 0 Å². The molecule has 0 bridgehead atoms. The summed E-state index contributed by atoms with van der Waals surface area (Å²) >= 11 is 1.62. The van der Waals surface area contributed by atoms with Gasteiger partial charge in [0.1, 0.15) is 5.82 Å². The highest BCUT2D eigenvalue weighted by atomic mass is 32.2. The third kappa shape index (κ3) is 6.66. The Morgan fingerprint density at radius 3 is 2.30 bits per heavy atom. The molecule has 3 aromatic carbocycles. The minimum Gasteiger partial charge on any atom is -0.349 e. The van der Waals surface area contributed by atoms with Gasteiger partial charge in [0.15, 0.2) is 0 Å². The average Bonchev–Trinajstić information content (AvgIpc) is 2.83. The van der Waals surface area contributed by atoms with E-state index in [9.17, 15) is 14.0 Å². The van der Waals surface area contributed by atoms with Crippen LogP contribution >= 0.6 is 11.8 Å². The maximum atomic E-state index is 13.0. The molecule has 0 spiro atoms. The summed E-state index contributed by atoms with van der Waals surface area (Å²) in [6.45, 7) is 1.76. The highest BCUT2D eigenvalue weighted by molar-refractivity contribution is 7.99. The molecule has 7 heteroatoms. The first-order valence-corrected chi connectivity index (χ1v) is 11.8. The molecular weight excluding hydrogens is 437 g/mol. The van der Waals surface area contributed by atoms with Crippen molar-refractivity contribution >= 4 is 29.3 Å². The zero-order valence-electron chi connectivity index (χ0n) is 18.2. The van der Waals surface area contributed by atoms with E-state index in [1.165, 1.54) is 24.3 Å². The highest BCUT2D eigenvalue weighted by Gasteiger charge is 2.23. The van der Waals surface area contributed by atoms with Crippen LogP contribution in [-0.2, 0) is 4.79 Å². The second-order valence-corrected chi connectivity index (χ2v) is 9.11. The molecule has 0 radical (unpaired) electrons. The van der Waals surface area contributed by atoms with Gasteiger partial charge in [-0.3, -0.25) is 14.5 Å². The third-order valence-electron chi connectivity index (χ3n) is 5.53. The Morgan fingerprint density at radius 1 is 0.909 bits per heavy atom. The van der Waals surface area contributed by atoms with Gasteiger partial charge in [0.2, 0.25) is 5.91 Å². The third-order valence-corrected chi connectivity index (χ3v) is 6.61. The van der Waals surface area contributed by atoms with Gasteiger partial charge in [-0.25, -0.2) is 4.39 Å². The molecule has 1 aliphatic heterocycles. The Balaban J connectivity index is 1.25. The van der Waals surface area contributed by atoms with Crippen LogP contribution in [0.1, 0.15) is 23.2 Å². The molecule has 4 rings (SSSR count). The Bertz CT molecular complexity index is 1080. The van der Waals surface area contributed by atoms with Gasteiger partial charge in [0.05, 0.1) is 12.2 Å². The lowest BCUT2D eigenvalue weighted by Gasteiger charge is -2.31. The van der Waals surface area contributed by atoms with Crippen molar-refractivity contribution in [2.45, 2.75) is 28.7 Å². The van der Waals surface area contributed by atoms with Crippen LogP contribution in [0, 0.1) is 5.82 Å². The van der Waals surface area contributed by atoms with Crippen LogP contribution < -0.4 is 10.6 Å². The first-order chi connectivity index (χ1) is 16.1. The maximum Gasteiger partial charge on any atom is 0.251 e. The topological polar surface area (TPSA) is 61.4 Å². The second kappa shape index (κ2) is 11.1. The molecule has 5 nitrogen and oxygen atoms in total. The van der Waals surface area contributed by atoms with E-state index in [1.807, 2.05) is 54.6 Å². The molecular formula is C26H26FN3O2S. The van der Waals surface area contributed by atoms with E-state index in [2.05, 4.69) is 15.5 Å². The number of carbonyl (C=O) groups is 2. The summed E-state index contributed by atoms with van der Waals surface area (Å²) in [4.78, 5) is 29.2. The van der Waals surface area contributed by atoms with Crippen molar-refractivity contribution in [2.75, 3.05) is 25.0 Å². The Labute approximate surface area is 197 Å². The smallest absolute Gasteiger partial charge is 0.251 e. The van der Waals surface area contributed by atoms with Gasteiger partial charge in [-0.15, -0.1) is 0 Å². The van der Waals surface area contributed by atoms with Crippen molar-refractivity contribution in [3.8, 4) is 0 Å². The molecule has 0 saturated carbocycles. The Morgan fingerprint density at radius 2 is 1.58 bits per heavy atom. The van der Waals surface area contributed by atoms with Gasteiger partial charge in [-0.05, 0) is 61.4 Å². The van der Waals surface area contributed by atoms with E-state index >= 15 is 0 Å². The number of likely N-dealkylation sites (tertiary alicyclic amines) is 1. The van der Waals surface area contributed by atoms with E-state index in [-0.39, 0.29) is 23.7 Å². The monoisotopic (exact) mass is 463 g/mol. The van der Waals surface area contributed by atoms with Crippen LogP contribution in [0.25, 0.3) is 0 Å². The quantitative estimate of drug-likeness (QED) is 0.528. The van der Waals surface area contributed by atoms with Crippen molar-refractivity contribution in [2.24, 2.45) is 0 Å². The second-order valence-electron chi connectivity index (χ2n) is 7.99. The number of rotatable bonds is 7. The molecule has 0 aromatic heterocycles. The molecule has 170 valence electrons. The van der Waals surface area contributed by atoms with Crippen LogP contribution in [-0.4, -0.2) is 42.4 Å². The fourth-order valence-electron chi connectivity index (χ4n) is 3.77. The molecule has 3 aromatic rings. The number of halogens is 1. The lowest BCUT2D eigenvalue weighted by atomic mass is 10.0. The predicted molar refractivity (Wildman–Crippen MR) is 129 cm³/mol. The maximum absolute atomic E-state index is 13.0. The first-order valence-electron chi connectivity index (χ1n) is 11.0. The molecule has 0 aliphatic carbocycles. The largest absolute Gasteiger partial charge is 0.349 e. The summed E-state index contributed by atoms with van der Waals surface area (Å²) in [6, 6.07) is 23.4. The Kier molecular flexibility index (Phi) is 7.75.